The number of hydrogen-bond acceptors (Lipinski definition) is 3. The molecule has 3 aromatic heterocycles. The number of nitrogens with zero attached hydrogens (tertiary/aromatic N) is 3. The summed E-state index contributed by atoms with van der Waals surface area (Å²) in [5.74, 6) is 2.61. The van der Waals surface area contributed by atoms with Crippen LogP contribution in [0.4, 0.5) is 0 Å². The smallest absolute Gasteiger partial charge is 0.138 e. The third kappa shape index (κ3) is 3.15. The zero-order valence-corrected chi connectivity index (χ0v) is 15.8. The average Bonchev–Trinajstić information content (AvgIpc) is 3.12. The summed E-state index contributed by atoms with van der Waals surface area (Å²) < 4.78 is 0. The molecule has 4 heteroatoms. The lowest BCUT2D eigenvalue weighted by atomic mass is 10.0. The van der Waals surface area contributed by atoms with Crippen molar-refractivity contribution in [2.24, 2.45) is 0 Å². The van der Waals surface area contributed by atoms with Gasteiger partial charge >= 0.3 is 0 Å². The van der Waals surface area contributed by atoms with Crippen molar-refractivity contribution in [1.29, 1.82) is 0 Å². The maximum absolute atomic E-state index is 5.51. The number of terminal acetylenes is 1. The van der Waals surface area contributed by atoms with Gasteiger partial charge in [0.15, 0.2) is 0 Å². The summed E-state index contributed by atoms with van der Waals surface area (Å²) in [4.78, 5) is 14.7. The van der Waals surface area contributed by atoms with Crippen LogP contribution in [0.5, 0.6) is 0 Å². The fourth-order valence-electron chi connectivity index (χ4n) is 4.09. The van der Waals surface area contributed by atoms with Gasteiger partial charge in [0.1, 0.15) is 11.3 Å². The first-order valence-electron chi connectivity index (χ1n) is 9.86. The molecule has 0 bridgehead atoms. The van der Waals surface area contributed by atoms with Gasteiger partial charge < -0.3 is 4.98 Å². The second kappa shape index (κ2) is 7.10. The fourth-order valence-corrected chi connectivity index (χ4v) is 4.09. The first-order valence-corrected chi connectivity index (χ1v) is 9.86. The number of nitrogens with one attached hydrogen (secondary N) is 1. The fraction of sp³-hybridized carbons (Fsp3) is 0.250. The molecule has 0 saturated carbocycles. The summed E-state index contributed by atoms with van der Waals surface area (Å²) in [6, 6.07) is 13.0. The molecular weight excluding hydrogens is 344 g/mol. The molecule has 4 nitrogen and oxygen atoms in total. The van der Waals surface area contributed by atoms with Crippen molar-refractivity contribution in [1.82, 2.24) is 19.9 Å². The zero-order valence-electron chi connectivity index (χ0n) is 15.8. The van der Waals surface area contributed by atoms with Crippen LogP contribution in [-0.2, 0) is 6.54 Å². The minimum atomic E-state index is 0.640. The lowest BCUT2D eigenvalue weighted by Gasteiger charge is -2.26. The van der Waals surface area contributed by atoms with Gasteiger partial charge in [0, 0.05) is 29.1 Å². The molecule has 1 saturated heterocycles. The van der Waals surface area contributed by atoms with Crippen LogP contribution in [0.25, 0.3) is 33.1 Å². The maximum Gasteiger partial charge on any atom is 0.138 e. The van der Waals surface area contributed by atoms with Crippen LogP contribution in [0.15, 0.2) is 48.8 Å². The summed E-state index contributed by atoms with van der Waals surface area (Å²) in [6.45, 7) is 3.48. The standard InChI is InChI=1S/C24H22N4/c1-2-20-13-21-22-12-19(14-26-24(22)27-23(21)15-25-20)18-8-6-17(7-9-18)16-28-10-4-3-5-11-28/h1,6-9,12-15H,3-5,10-11,16H2,(H,26,27). The van der Waals surface area contributed by atoms with Crippen LogP contribution in [0.2, 0.25) is 0 Å². The Balaban J connectivity index is 1.46. The molecule has 0 unspecified atom stereocenters. The summed E-state index contributed by atoms with van der Waals surface area (Å²) >= 11 is 0. The van der Waals surface area contributed by atoms with E-state index in [4.69, 9.17) is 6.42 Å². The second-order valence-corrected chi connectivity index (χ2v) is 7.54. The van der Waals surface area contributed by atoms with Gasteiger partial charge in [-0.1, -0.05) is 36.6 Å². The normalized spacial score (nSPS) is 15.1. The van der Waals surface area contributed by atoms with Crippen LogP contribution in [0, 0.1) is 12.3 Å². The van der Waals surface area contributed by atoms with E-state index in [-0.39, 0.29) is 0 Å². The van der Waals surface area contributed by atoms with Crippen molar-refractivity contribution in [2.75, 3.05) is 13.1 Å². The number of aromatic amines is 1. The Hall–Kier alpha value is -3.16. The predicted octanol–water partition coefficient (Wildman–Crippen LogP) is 4.75. The number of piperidine rings is 1. The van der Waals surface area contributed by atoms with Crippen LogP contribution < -0.4 is 0 Å². The second-order valence-electron chi connectivity index (χ2n) is 7.54. The molecular formula is C24H22N4. The lowest BCUT2D eigenvalue weighted by molar-refractivity contribution is 0.221. The quantitative estimate of drug-likeness (QED) is 0.533. The van der Waals surface area contributed by atoms with Crippen molar-refractivity contribution in [3.05, 3.63) is 60.0 Å². The number of aromatic nitrogens is 3. The van der Waals surface area contributed by atoms with Crippen LogP contribution in [-0.4, -0.2) is 32.9 Å². The van der Waals surface area contributed by atoms with Crippen molar-refractivity contribution in [3.63, 3.8) is 0 Å². The Morgan fingerprint density at radius 1 is 0.929 bits per heavy atom. The summed E-state index contributed by atoms with van der Waals surface area (Å²) in [6.07, 6.45) is 13.2. The van der Waals surface area contributed by atoms with E-state index in [1.807, 2.05) is 12.3 Å². The largest absolute Gasteiger partial charge is 0.338 e. The molecule has 1 aromatic carbocycles. The lowest BCUT2D eigenvalue weighted by Crippen LogP contribution is -2.28. The van der Waals surface area contributed by atoms with E-state index in [1.54, 1.807) is 6.20 Å². The van der Waals surface area contributed by atoms with Gasteiger partial charge in [-0.3, -0.25) is 4.90 Å². The van der Waals surface area contributed by atoms with Crippen molar-refractivity contribution >= 4 is 21.9 Å². The summed E-state index contributed by atoms with van der Waals surface area (Å²) in [7, 11) is 0. The molecule has 4 aromatic rings. The Morgan fingerprint density at radius 3 is 2.54 bits per heavy atom. The zero-order chi connectivity index (χ0) is 18.9. The Morgan fingerprint density at radius 2 is 1.75 bits per heavy atom. The minimum absolute atomic E-state index is 0.640. The van der Waals surface area contributed by atoms with Crippen LogP contribution >= 0.6 is 0 Å². The molecule has 1 fully saturated rings. The highest BCUT2D eigenvalue weighted by Gasteiger charge is 2.11. The van der Waals surface area contributed by atoms with E-state index in [9.17, 15) is 0 Å². The van der Waals surface area contributed by atoms with E-state index in [0.717, 1.165) is 34.0 Å². The number of hydrogen-bond donors (Lipinski definition) is 1. The number of rotatable bonds is 3. The molecule has 0 atom stereocenters. The van der Waals surface area contributed by atoms with Gasteiger partial charge in [-0.15, -0.1) is 6.42 Å². The molecule has 1 aliphatic rings. The number of fused-ring (bicyclic) bond motifs is 3. The third-order valence-electron chi connectivity index (χ3n) is 5.62. The van der Waals surface area contributed by atoms with Gasteiger partial charge in [0.05, 0.1) is 11.7 Å². The number of pyridine rings is 2. The van der Waals surface area contributed by atoms with Gasteiger partial charge in [0.2, 0.25) is 0 Å². The van der Waals surface area contributed by atoms with Crippen LogP contribution in [0.1, 0.15) is 30.5 Å². The molecule has 28 heavy (non-hydrogen) atoms. The highest BCUT2D eigenvalue weighted by molar-refractivity contribution is 6.06. The molecule has 0 radical (unpaired) electrons. The Labute approximate surface area is 164 Å². The molecule has 0 amide bonds. The SMILES string of the molecule is C#Cc1cc2c(cn1)[nH]c1ncc(-c3ccc(CN4CCCCC4)cc3)cc12. The van der Waals surface area contributed by atoms with Crippen molar-refractivity contribution < 1.29 is 0 Å². The molecule has 5 rings (SSSR count). The van der Waals surface area contributed by atoms with E-state index in [1.165, 1.54) is 43.5 Å². The number of benzene rings is 1. The van der Waals surface area contributed by atoms with Gasteiger partial charge in [-0.25, -0.2) is 9.97 Å². The molecule has 1 aliphatic heterocycles. The van der Waals surface area contributed by atoms with E-state index < -0.39 is 0 Å². The van der Waals surface area contributed by atoms with Crippen molar-refractivity contribution in [3.8, 4) is 23.5 Å². The molecule has 1 N–H and O–H groups in total. The average molecular weight is 366 g/mol. The highest BCUT2D eigenvalue weighted by atomic mass is 15.1. The first kappa shape index (κ1) is 17.0. The van der Waals surface area contributed by atoms with Gasteiger partial charge in [0.25, 0.3) is 0 Å². The van der Waals surface area contributed by atoms with Crippen LogP contribution in [0.3, 0.4) is 0 Å². The van der Waals surface area contributed by atoms with E-state index in [2.05, 4.69) is 56.1 Å². The molecule has 138 valence electrons. The first-order chi connectivity index (χ1) is 13.8. The Bertz CT molecular complexity index is 1180. The highest BCUT2D eigenvalue weighted by Crippen LogP contribution is 2.29. The van der Waals surface area contributed by atoms with E-state index in [0.29, 0.717) is 5.69 Å². The van der Waals surface area contributed by atoms with E-state index >= 15 is 0 Å². The monoisotopic (exact) mass is 366 g/mol. The summed E-state index contributed by atoms with van der Waals surface area (Å²) in [5.41, 5.74) is 6.11. The number of likely N-dealkylation sites (tertiary alicyclic amines) is 1. The Kier molecular flexibility index (Phi) is 4.31. The topological polar surface area (TPSA) is 44.8 Å². The predicted molar refractivity (Wildman–Crippen MR) is 114 cm³/mol. The maximum atomic E-state index is 5.51. The molecule has 0 spiro atoms. The molecule has 0 aliphatic carbocycles. The van der Waals surface area contributed by atoms with Crippen molar-refractivity contribution in [2.45, 2.75) is 25.8 Å². The molecule has 4 heterocycles. The number of H-pyrrole nitrogens is 1. The van der Waals surface area contributed by atoms with Gasteiger partial charge in [-0.05, 0) is 49.2 Å². The minimum Gasteiger partial charge on any atom is -0.338 e. The summed E-state index contributed by atoms with van der Waals surface area (Å²) in [5, 5.41) is 2.14. The third-order valence-corrected chi connectivity index (χ3v) is 5.62. The van der Waals surface area contributed by atoms with Gasteiger partial charge in [-0.2, -0.15) is 0 Å².